The van der Waals surface area contributed by atoms with Crippen molar-refractivity contribution in [1.82, 2.24) is 4.90 Å². The maximum atomic E-state index is 10.0. The molecule has 1 aliphatic heterocycles. The van der Waals surface area contributed by atoms with Crippen molar-refractivity contribution < 1.29 is 5.11 Å². The highest BCUT2D eigenvalue weighted by molar-refractivity contribution is 5.30. The van der Waals surface area contributed by atoms with E-state index in [0.29, 0.717) is 12.6 Å². The third-order valence-electron chi connectivity index (χ3n) is 3.66. The molecule has 0 bridgehead atoms. The van der Waals surface area contributed by atoms with Crippen molar-refractivity contribution in [3.8, 4) is 0 Å². The third kappa shape index (κ3) is 2.86. The molecule has 0 saturated heterocycles. The molecular formula is C14H22N2O. The smallest absolute Gasteiger partial charge is 0.0756 e. The zero-order valence-corrected chi connectivity index (χ0v) is 10.7. The molecular weight excluding hydrogens is 212 g/mol. The fourth-order valence-electron chi connectivity index (χ4n) is 2.52. The van der Waals surface area contributed by atoms with E-state index in [4.69, 9.17) is 5.73 Å². The minimum Gasteiger partial charge on any atom is -0.389 e. The van der Waals surface area contributed by atoms with Crippen LogP contribution in [0.25, 0.3) is 0 Å². The van der Waals surface area contributed by atoms with E-state index in [1.165, 1.54) is 11.1 Å². The Labute approximate surface area is 103 Å². The molecule has 3 heteroatoms. The van der Waals surface area contributed by atoms with Crippen LogP contribution in [0.2, 0.25) is 0 Å². The first kappa shape index (κ1) is 12.6. The largest absolute Gasteiger partial charge is 0.389 e. The summed E-state index contributed by atoms with van der Waals surface area (Å²) in [5, 5.41) is 10.0. The van der Waals surface area contributed by atoms with Crippen LogP contribution in [0.4, 0.5) is 0 Å². The molecule has 2 rings (SSSR count). The third-order valence-corrected chi connectivity index (χ3v) is 3.66. The maximum absolute atomic E-state index is 10.0. The lowest BCUT2D eigenvalue weighted by atomic mass is 9.97. The van der Waals surface area contributed by atoms with Crippen molar-refractivity contribution in [2.75, 3.05) is 6.54 Å². The Morgan fingerprint density at radius 1 is 1.35 bits per heavy atom. The normalized spacial score (nSPS) is 20.9. The van der Waals surface area contributed by atoms with E-state index < -0.39 is 5.60 Å². The van der Waals surface area contributed by atoms with Gasteiger partial charge < -0.3 is 10.8 Å². The second kappa shape index (κ2) is 4.77. The second-order valence-corrected chi connectivity index (χ2v) is 5.43. The van der Waals surface area contributed by atoms with Gasteiger partial charge in [0.05, 0.1) is 5.60 Å². The molecule has 3 nitrogen and oxygen atoms in total. The summed E-state index contributed by atoms with van der Waals surface area (Å²) in [5.74, 6) is 0. The number of aliphatic hydroxyl groups is 1. The summed E-state index contributed by atoms with van der Waals surface area (Å²) in [6, 6.07) is 8.89. The van der Waals surface area contributed by atoms with E-state index >= 15 is 0 Å². The molecule has 0 spiro atoms. The number of fused-ring (bicyclic) bond motifs is 1. The van der Waals surface area contributed by atoms with E-state index in [1.54, 1.807) is 0 Å². The van der Waals surface area contributed by atoms with Crippen molar-refractivity contribution >= 4 is 0 Å². The summed E-state index contributed by atoms with van der Waals surface area (Å²) in [4.78, 5) is 2.40. The van der Waals surface area contributed by atoms with Gasteiger partial charge in [-0.05, 0) is 31.4 Å². The zero-order chi connectivity index (χ0) is 12.5. The summed E-state index contributed by atoms with van der Waals surface area (Å²) >= 11 is 0. The minimum atomic E-state index is -0.756. The number of hydrogen-bond donors (Lipinski definition) is 2. The molecule has 0 fully saturated rings. The van der Waals surface area contributed by atoms with Gasteiger partial charge in [-0.1, -0.05) is 24.3 Å². The maximum Gasteiger partial charge on any atom is 0.0756 e. The molecule has 0 aliphatic carbocycles. The van der Waals surface area contributed by atoms with Crippen LogP contribution < -0.4 is 5.73 Å². The quantitative estimate of drug-likeness (QED) is 0.830. The predicted octanol–water partition coefficient (Wildman–Crippen LogP) is 1.49. The number of rotatable bonds is 4. The molecule has 0 amide bonds. The number of hydrogen-bond acceptors (Lipinski definition) is 3. The van der Waals surface area contributed by atoms with Crippen molar-refractivity contribution in [3.05, 3.63) is 35.4 Å². The van der Waals surface area contributed by atoms with Gasteiger partial charge in [0.2, 0.25) is 0 Å². The summed E-state index contributed by atoms with van der Waals surface area (Å²) in [6.07, 6.45) is 0.720. The summed E-state index contributed by atoms with van der Waals surface area (Å²) in [6.45, 7) is 6.26. The molecule has 2 unspecified atom stereocenters. The van der Waals surface area contributed by atoms with E-state index in [1.807, 2.05) is 6.92 Å². The van der Waals surface area contributed by atoms with Gasteiger partial charge >= 0.3 is 0 Å². The fourth-order valence-corrected chi connectivity index (χ4v) is 2.52. The molecule has 17 heavy (non-hydrogen) atoms. The highest BCUT2D eigenvalue weighted by atomic mass is 16.3. The first-order valence-electron chi connectivity index (χ1n) is 6.25. The van der Waals surface area contributed by atoms with Crippen LogP contribution in [0, 0.1) is 0 Å². The molecule has 94 valence electrons. The van der Waals surface area contributed by atoms with Crippen LogP contribution in [-0.4, -0.2) is 28.2 Å². The summed E-state index contributed by atoms with van der Waals surface area (Å²) < 4.78 is 0. The van der Waals surface area contributed by atoms with Gasteiger partial charge in [-0.2, -0.15) is 0 Å². The molecule has 1 heterocycles. The van der Waals surface area contributed by atoms with Crippen LogP contribution in [0.1, 0.15) is 31.4 Å². The van der Waals surface area contributed by atoms with Crippen LogP contribution in [-0.2, 0) is 13.1 Å². The van der Waals surface area contributed by atoms with Crippen molar-refractivity contribution in [3.63, 3.8) is 0 Å². The molecule has 1 aromatic rings. The van der Waals surface area contributed by atoms with E-state index in [9.17, 15) is 5.11 Å². The van der Waals surface area contributed by atoms with Crippen LogP contribution in [0.15, 0.2) is 24.3 Å². The predicted molar refractivity (Wildman–Crippen MR) is 69.4 cm³/mol. The first-order chi connectivity index (χ1) is 8.02. The SMILES string of the molecule is CC(CC(C)(O)CN)N1Cc2ccccc2C1. The Kier molecular flexibility index (Phi) is 3.52. The van der Waals surface area contributed by atoms with Crippen molar-refractivity contribution in [2.45, 2.75) is 45.0 Å². The van der Waals surface area contributed by atoms with Gasteiger partial charge in [-0.25, -0.2) is 0 Å². The lowest BCUT2D eigenvalue weighted by molar-refractivity contribution is 0.0277. The average Bonchev–Trinajstić information content (AvgIpc) is 2.72. The molecule has 3 N–H and O–H groups in total. The highest BCUT2D eigenvalue weighted by Crippen LogP contribution is 2.26. The Bertz CT molecular complexity index is 365. The summed E-state index contributed by atoms with van der Waals surface area (Å²) in [7, 11) is 0. The van der Waals surface area contributed by atoms with Crippen molar-refractivity contribution in [1.29, 1.82) is 0 Å². The molecule has 1 aromatic carbocycles. The molecule has 1 aliphatic rings. The number of nitrogens with zero attached hydrogens (tertiary/aromatic N) is 1. The second-order valence-electron chi connectivity index (χ2n) is 5.43. The minimum absolute atomic E-state index is 0.318. The topological polar surface area (TPSA) is 49.5 Å². The highest BCUT2D eigenvalue weighted by Gasteiger charge is 2.28. The average molecular weight is 234 g/mol. The van der Waals surface area contributed by atoms with Gasteiger partial charge in [0.15, 0.2) is 0 Å². The van der Waals surface area contributed by atoms with Gasteiger partial charge in [0.1, 0.15) is 0 Å². The molecule has 0 saturated carbocycles. The Hall–Kier alpha value is -0.900. The standard InChI is InChI=1S/C14H22N2O/c1-11(7-14(2,17)10-15)16-8-12-5-3-4-6-13(12)9-16/h3-6,11,17H,7-10,15H2,1-2H3. The fraction of sp³-hybridized carbons (Fsp3) is 0.571. The molecule has 2 atom stereocenters. The Balaban J connectivity index is 1.99. The van der Waals surface area contributed by atoms with Gasteiger partial charge in [0, 0.05) is 25.7 Å². The van der Waals surface area contributed by atoms with Crippen LogP contribution >= 0.6 is 0 Å². The number of benzene rings is 1. The zero-order valence-electron chi connectivity index (χ0n) is 10.7. The van der Waals surface area contributed by atoms with Gasteiger partial charge in [-0.3, -0.25) is 4.90 Å². The van der Waals surface area contributed by atoms with Crippen LogP contribution in [0.3, 0.4) is 0 Å². The Morgan fingerprint density at radius 2 is 1.88 bits per heavy atom. The van der Waals surface area contributed by atoms with Gasteiger partial charge in [0.25, 0.3) is 0 Å². The lowest BCUT2D eigenvalue weighted by Crippen LogP contribution is -2.41. The monoisotopic (exact) mass is 234 g/mol. The lowest BCUT2D eigenvalue weighted by Gasteiger charge is -2.30. The number of nitrogens with two attached hydrogens (primary N) is 1. The first-order valence-corrected chi connectivity index (χ1v) is 6.25. The molecule has 0 aromatic heterocycles. The van der Waals surface area contributed by atoms with Gasteiger partial charge in [-0.15, -0.1) is 0 Å². The van der Waals surface area contributed by atoms with E-state index in [0.717, 1.165) is 19.5 Å². The van der Waals surface area contributed by atoms with E-state index in [-0.39, 0.29) is 0 Å². The molecule has 0 radical (unpaired) electrons. The van der Waals surface area contributed by atoms with Crippen LogP contribution in [0.5, 0.6) is 0 Å². The van der Waals surface area contributed by atoms with E-state index in [2.05, 4.69) is 36.1 Å². The summed E-state index contributed by atoms with van der Waals surface area (Å²) in [5.41, 5.74) is 7.63. The Morgan fingerprint density at radius 3 is 2.35 bits per heavy atom. The van der Waals surface area contributed by atoms with Crippen molar-refractivity contribution in [2.24, 2.45) is 5.73 Å².